The van der Waals surface area contributed by atoms with Crippen LogP contribution >= 0.6 is 0 Å². The molecule has 1 N–H and O–H groups in total. The van der Waals surface area contributed by atoms with E-state index in [1.54, 1.807) is 0 Å². The summed E-state index contributed by atoms with van der Waals surface area (Å²) in [5.74, 6) is 2.59. The molecule has 0 radical (unpaired) electrons. The minimum atomic E-state index is -0.403. The Morgan fingerprint density at radius 1 is 1.38 bits per heavy atom. The Kier molecular flexibility index (Phi) is 3.61. The van der Waals surface area contributed by atoms with E-state index >= 15 is 0 Å². The molecule has 2 nitrogen and oxygen atoms in total. The minimum Gasteiger partial charge on any atom is -0.388 e. The third-order valence-corrected chi connectivity index (χ3v) is 2.93. The van der Waals surface area contributed by atoms with Crippen molar-refractivity contribution in [2.24, 2.45) is 0 Å². The van der Waals surface area contributed by atoms with E-state index in [1.807, 2.05) is 18.2 Å². The summed E-state index contributed by atoms with van der Waals surface area (Å²) in [5, 5.41) is 9.97. The predicted molar refractivity (Wildman–Crippen MR) is 62.6 cm³/mol. The van der Waals surface area contributed by atoms with Gasteiger partial charge in [0.05, 0.1) is 19.3 Å². The highest BCUT2D eigenvalue weighted by Crippen LogP contribution is 2.26. The zero-order chi connectivity index (χ0) is 11.4. The molecule has 0 aliphatic carbocycles. The van der Waals surface area contributed by atoms with Crippen molar-refractivity contribution in [3.05, 3.63) is 34.9 Å². The van der Waals surface area contributed by atoms with Crippen LogP contribution in [0.2, 0.25) is 0 Å². The maximum atomic E-state index is 9.97. The Bertz CT molecular complexity index is 404. The lowest BCUT2D eigenvalue weighted by Crippen LogP contribution is -1.98. The summed E-state index contributed by atoms with van der Waals surface area (Å²) < 4.78 is 5.34. The van der Waals surface area contributed by atoms with Crippen LogP contribution in [0.15, 0.2) is 18.2 Å². The van der Waals surface area contributed by atoms with Gasteiger partial charge in [-0.2, -0.15) is 0 Å². The molecule has 0 amide bonds. The molecule has 2 rings (SSSR count). The summed E-state index contributed by atoms with van der Waals surface area (Å²) in [4.78, 5) is 0. The van der Waals surface area contributed by atoms with Gasteiger partial charge in [-0.05, 0) is 29.5 Å². The smallest absolute Gasteiger partial charge is 0.0790 e. The number of aliphatic hydroxyl groups is 1. The van der Waals surface area contributed by atoms with E-state index in [0.717, 1.165) is 24.8 Å². The van der Waals surface area contributed by atoms with Gasteiger partial charge in [0, 0.05) is 6.42 Å². The fourth-order valence-corrected chi connectivity index (χ4v) is 1.96. The van der Waals surface area contributed by atoms with Crippen LogP contribution in [-0.2, 0) is 18.0 Å². The molecule has 0 aromatic heterocycles. The number of fused-ring (bicyclic) bond motifs is 1. The lowest BCUT2D eigenvalue weighted by atomic mass is 9.99. The molecule has 1 heterocycles. The molecule has 16 heavy (non-hydrogen) atoms. The first kappa shape index (κ1) is 11.2. The van der Waals surface area contributed by atoms with Crippen molar-refractivity contribution in [2.75, 3.05) is 0 Å². The average Bonchev–Trinajstić information content (AvgIpc) is 2.76. The second-order valence-electron chi connectivity index (χ2n) is 4.13. The maximum absolute atomic E-state index is 9.97. The number of terminal acetylenes is 1. The molecule has 0 fully saturated rings. The van der Waals surface area contributed by atoms with Crippen molar-refractivity contribution in [3.8, 4) is 12.3 Å². The van der Waals surface area contributed by atoms with Gasteiger partial charge in [0.25, 0.3) is 0 Å². The molecule has 84 valence electrons. The fraction of sp³-hybridized carbons (Fsp3) is 0.429. The molecule has 1 aromatic rings. The molecule has 0 saturated heterocycles. The summed E-state index contributed by atoms with van der Waals surface area (Å²) in [6.07, 6.45) is 7.10. The molecule has 1 atom stereocenters. The molecule has 0 bridgehead atoms. The molecule has 1 unspecified atom stereocenters. The molecular weight excluding hydrogens is 200 g/mol. The quantitative estimate of drug-likeness (QED) is 0.619. The summed E-state index contributed by atoms with van der Waals surface area (Å²) >= 11 is 0. The zero-order valence-corrected chi connectivity index (χ0v) is 9.28. The fourth-order valence-electron chi connectivity index (χ4n) is 1.96. The van der Waals surface area contributed by atoms with Gasteiger partial charge in [0.15, 0.2) is 0 Å². The van der Waals surface area contributed by atoms with Gasteiger partial charge in [-0.25, -0.2) is 0 Å². The average molecular weight is 216 g/mol. The van der Waals surface area contributed by atoms with E-state index in [9.17, 15) is 5.11 Å². The van der Waals surface area contributed by atoms with Gasteiger partial charge in [0.1, 0.15) is 0 Å². The summed E-state index contributed by atoms with van der Waals surface area (Å²) in [6.45, 7) is 1.36. The number of benzene rings is 1. The third kappa shape index (κ3) is 2.44. The van der Waals surface area contributed by atoms with Gasteiger partial charge < -0.3 is 9.84 Å². The predicted octanol–water partition coefficient (Wildman–Crippen LogP) is 2.55. The summed E-state index contributed by atoms with van der Waals surface area (Å²) in [6, 6.07) is 6.07. The van der Waals surface area contributed by atoms with Gasteiger partial charge in [-0.15, -0.1) is 12.3 Å². The van der Waals surface area contributed by atoms with E-state index in [1.165, 1.54) is 11.1 Å². The Labute approximate surface area is 96.3 Å². The van der Waals surface area contributed by atoms with Crippen LogP contribution in [0.5, 0.6) is 0 Å². The van der Waals surface area contributed by atoms with Crippen molar-refractivity contribution < 1.29 is 9.84 Å². The molecule has 2 heteroatoms. The lowest BCUT2D eigenvalue weighted by molar-refractivity contribution is 0.134. The summed E-state index contributed by atoms with van der Waals surface area (Å²) in [7, 11) is 0. The normalized spacial score (nSPS) is 15.5. The van der Waals surface area contributed by atoms with Crippen molar-refractivity contribution >= 4 is 0 Å². The minimum absolute atomic E-state index is 0.403. The van der Waals surface area contributed by atoms with E-state index in [-0.39, 0.29) is 0 Å². The first-order chi connectivity index (χ1) is 7.81. The molecular formula is C14H16O2. The van der Waals surface area contributed by atoms with Crippen LogP contribution in [-0.4, -0.2) is 5.11 Å². The Morgan fingerprint density at radius 3 is 3.00 bits per heavy atom. The van der Waals surface area contributed by atoms with Crippen LogP contribution in [0.1, 0.15) is 42.1 Å². The van der Waals surface area contributed by atoms with E-state index < -0.39 is 6.10 Å². The van der Waals surface area contributed by atoms with Crippen molar-refractivity contribution in [1.82, 2.24) is 0 Å². The van der Waals surface area contributed by atoms with E-state index in [2.05, 4.69) is 5.92 Å². The molecule has 1 aromatic carbocycles. The van der Waals surface area contributed by atoms with Crippen LogP contribution in [0.3, 0.4) is 0 Å². The molecule has 0 spiro atoms. The Hall–Kier alpha value is -1.30. The van der Waals surface area contributed by atoms with Crippen molar-refractivity contribution in [1.29, 1.82) is 0 Å². The van der Waals surface area contributed by atoms with E-state index in [0.29, 0.717) is 13.2 Å². The van der Waals surface area contributed by atoms with Gasteiger partial charge in [-0.3, -0.25) is 0 Å². The van der Waals surface area contributed by atoms with Gasteiger partial charge in [0.2, 0.25) is 0 Å². The Morgan fingerprint density at radius 2 is 2.19 bits per heavy atom. The topological polar surface area (TPSA) is 29.5 Å². The van der Waals surface area contributed by atoms with Gasteiger partial charge in [-0.1, -0.05) is 18.2 Å². The van der Waals surface area contributed by atoms with Gasteiger partial charge >= 0.3 is 0 Å². The first-order valence-electron chi connectivity index (χ1n) is 5.62. The number of hydrogen-bond donors (Lipinski definition) is 1. The SMILES string of the molecule is C#CCCCC(O)c1ccc2c(c1)COC2. The number of aliphatic hydroxyl groups excluding tert-OH is 1. The highest BCUT2D eigenvalue weighted by molar-refractivity contribution is 5.34. The zero-order valence-electron chi connectivity index (χ0n) is 9.28. The first-order valence-corrected chi connectivity index (χ1v) is 5.62. The number of ether oxygens (including phenoxy) is 1. The van der Waals surface area contributed by atoms with Crippen LogP contribution in [0.4, 0.5) is 0 Å². The second kappa shape index (κ2) is 5.16. The second-order valence-corrected chi connectivity index (χ2v) is 4.13. The molecule has 1 aliphatic heterocycles. The standard InChI is InChI=1S/C14H16O2/c1-2-3-4-5-14(15)11-6-7-12-9-16-10-13(12)8-11/h1,6-8,14-15H,3-5,9-10H2. The lowest BCUT2D eigenvalue weighted by Gasteiger charge is -2.11. The third-order valence-electron chi connectivity index (χ3n) is 2.93. The Balaban J connectivity index is 2.01. The van der Waals surface area contributed by atoms with Crippen LogP contribution in [0, 0.1) is 12.3 Å². The number of hydrogen-bond acceptors (Lipinski definition) is 2. The molecule has 1 aliphatic rings. The maximum Gasteiger partial charge on any atom is 0.0790 e. The van der Waals surface area contributed by atoms with Crippen molar-refractivity contribution in [2.45, 2.75) is 38.6 Å². The van der Waals surface area contributed by atoms with Crippen molar-refractivity contribution in [3.63, 3.8) is 0 Å². The van der Waals surface area contributed by atoms with Crippen LogP contribution in [0.25, 0.3) is 0 Å². The van der Waals surface area contributed by atoms with E-state index in [4.69, 9.17) is 11.2 Å². The highest BCUT2D eigenvalue weighted by Gasteiger charge is 2.14. The number of rotatable bonds is 4. The summed E-state index contributed by atoms with van der Waals surface area (Å²) in [5.41, 5.74) is 3.41. The number of unbranched alkanes of at least 4 members (excludes halogenated alkanes) is 1. The highest BCUT2D eigenvalue weighted by atomic mass is 16.5. The monoisotopic (exact) mass is 216 g/mol. The molecule has 0 saturated carbocycles. The van der Waals surface area contributed by atoms with Crippen LogP contribution < -0.4 is 0 Å². The largest absolute Gasteiger partial charge is 0.388 e.